The fraction of sp³-hybridized carbons (Fsp3) is 0.303. The monoisotopic (exact) mass is 634 g/mol. The van der Waals surface area contributed by atoms with Gasteiger partial charge in [-0.15, -0.1) is 0 Å². The van der Waals surface area contributed by atoms with Crippen LogP contribution in [0.2, 0.25) is 0 Å². The normalized spacial score (nSPS) is 14.2. The van der Waals surface area contributed by atoms with Gasteiger partial charge in [0.15, 0.2) is 0 Å². The molecule has 5 rings (SSSR count). The highest BCUT2D eigenvalue weighted by molar-refractivity contribution is 5.83. The third-order valence-electron chi connectivity index (χ3n) is 7.91. The Morgan fingerprint density at radius 3 is 2.26 bits per heavy atom. The first-order valence-corrected chi connectivity index (χ1v) is 14.7. The van der Waals surface area contributed by atoms with Crippen LogP contribution in [-0.2, 0) is 33.6 Å². The number of nitrogens with zero attached hydrogens (tertiary/aromatic N) is 4. The number of piperazine rings is 1. The van der Waals surface area contributed by atoms with Crippen LogP contribution in [0.15, 0.2) is 83.9 Å². The van der Waals surface area contributed by atoms with Crippen molar-refractivity contribution >= 4 is 34.3 Å². The number of rotatable bonds is 9. The summed E-state index contributed by atoms with van der Waals surface area (Å²) in [6, 6.07) is 17.7. The predicted molar refractivity (Wildman–Crippen MR) is 166 cm³/mol. The number of carbonyl (C=O) groups is 3. The molecule has 4 aromatic rings. The molecule has 2 heterocycles. The molecular formula is C33H33F3N6O4. The quantitative estimate of drug-likeness (QED) is 0.291. The summed E-state index contributed by atoms with van der Waals surface area (Å²) in [6.45, 7) is 3.68. The molecule has 0 radical (unpaired) electrons. The number of benzene rings is 3. The first-order chi connectivity index (χ1) is 22.0. The summed E-state index contributed by atoms with van der Waals surface area (Å²) in [5, 5.41) is 5.79. The molecule has 0 saturated carbocycles. The van der Waals surface area contributed by atoms with Gasteiger partial charge in [-0.3, -0.25) is 23.7 Å². The van der Waals surface area contributed by atoms with E-state index in [1.807, 2.05) is 36.4 Å². The summed E-state index contributed by atoms with van der Waals surface area (Å²) in [5.74, 6) is -1.03. The fourth-order valence-corrected chi connectivity index (χ4v) is 5.34. The molecule has 240 valence electrons. The van der Waals surface area contributed by atoms with Crippen molar-refractivity contribution in [1.29, 1.82) is 0 Å². The van der Waals surface area contributed by atoms with E-state index in [1.165, 1.54) is 25.4 Å². The lowest BCUT2D eigenvalue weighted by atomic mass is 10.0. The van der Waals surface area contributed by atoms with Crippen molar-refractivity contribution in [2.24, 2.45) is 0 Å². The minimum Gasteiger partial charge on any atom is -0.368 e. The molecule has 3 aromatic carbocycles. The number of anilines is 1. The van der Waals surface area contributed by atoms with Crippen LogP contribution in [0.4, 0.5) is 18.9 Å². The Morgan fingerprint density at radius 1 is 0.913 bits per heavy atom. The summed E-state index contributed by atoms with van der Waals surface area (Å²) >= 11 is 0. The molecule has 0 aliphatic carbocycles. The Balaban J connectivity index is 1.31. The minimum absolute atomic E-state index is 0.0110. The SMILES string of the molecule is CC(=O)N1CCN(c2ccc3ncn(CC(=O)NC(CC(=O)NCc4ccccc4)c4ccc(C(F)(F)F)cc4)c(=O)c3c2)CC1. The number of fused-ring (bicyclic) bond motifs is 1. The van der Waals surface area contributed by atoms with Crippen molar-refractivity contribution in [1.82, 2.24) is 25.1 Å². The van der Waals surface area contributed by atoms with Gasteiger partial charge in [0.2, 0.25) is 17.7 Å². The first-order valence-electron chi connectivity index (χ1n) is 14.7. The summed E-state index contributed by atoms with van der Waals surface area (Å²) in [4.78, 5) is 59.3. The van der Waals surface area contributed by atoms with E-state index in [2.05, 4.69) is 20.5 Å². The van der Waals surface area contributed by atoms with E-state index in [0.29, 0.717) is 42.6 Å². The second-order valence-electron chi connectivity index (χ2n) is 11.1. The Kier molecular flexibility index (Phi) is 9.69. The molecule has 0 bridgehead atoms. The molecule has 1 fully saturated rings. The van der Waals surface area contributed by atoms with Gasteiger partial charge in [0.05, 0.1) is 35.3 Å². The highest BCUT2D eigenvalue weighted by atomic mass is 19.4. The predicted octanol–water partition coefficient (Wildman–Crippen LogP) is 3.65. The molecule has 13 heteroatoms. The van der Waals surface area contributed by atoms with Crippen LogP contribution in [-0.4, -0.2) is 58.4 Å². The molecule has 2 N–H and O–H groups in total. The number of aromatic nitrogens is 2. The third-order valence-corrected chi connectivity index (χ3v) is 7.91. The van der Waals surface area contributed by atoms with Crippen LogP contribution in [0, 0.1) is 0 Å². The van der Waals surface area contributed by atoms with E-state index in [1.54, 1.807) is 17.0 Å². The van der Waals surface area contributed by atoms with Crippen LogP contribution in [0.25, 0.3) is 10.9 Å². The van der Waals surface area contributed by atoms with E-state index < -0.39 is 41.7 Å². The molecule has 3 amide bonds. The second kappa shape index (κ2) is 13.8. The Morgan fingerprint density at radius 2 is 1.61 bits per heavy atom. The summed E-state index contributed by atoms with van der Waals surface area (Å²) in [7, 11) is 0. The van der Waals surface area contributed by atoms with Crippen LogP contribution >= 0.6 is 0 Å². The number of alkyl halides is 3. The van der Waals surface area contributed by atoms with Crippen molar-refractivity contribution < 1.29 is 27.6 Å². The van der Waals surface area contributed by atoms with Gasteiger partial charge in [0.25, 0.3) is 5.56 Å². The maximum Gasteiger partial charge on any atom is 0.416 e. The van der Waals surface area contributed by atoms with Crippen molar-refractivity contribution in [3.8, 4) is 0 Å². The van der Waals surface area contributed by atoms with Crippen LogP contribution in [0.5, 0.6) is 0 Å². The van der Waals surface area contributed by atoms with E-state index in [9.17, 15) is 32.3 Å². The van der Waals surface area contributed by atoms with Crippen molar-refractivity contribution in [2.75, 3.05) is 31.1 Å². The smallest absolute Gasteiger partial charge is 0.368 e. The van der Waals surface area contributed by atoms with Gasteiger partial charge >= 0.3 is 6.18 Å². The van der Waals surface area contributed by atoms with Gasteiger partial charge in [-0.1, -0.05) is 42.5 Å². The van der Waals surface area contributed by atoms with Gasteiger partial charge < -0.3 is 20.4 Å². The largest absolute Gasteiger partial charge is 0.416 e. The van der Waals surface area contributed by atoms with Gasteiger partial charge in [0, 0.05) is 45.3 Å². The zero-order valence-corrected chi connectivity index (χ0v) is 25.1. The number of halogens is 3. The van der Waals surface area contributed by atoms with Crippen LogP contribution in [0.3, 0.4) is 0 Å². The topological polar surface area (TPSA) is 117 Å². The maximum atomic E-state index is 13.4. The average molecular weight is 635 g/mol. The standard InChI is InChI=1S/C33H33F3N6O4/c1-22(43)40-13-15-41(16-14-40)26-11-12-28-27(17-26)32(46)42(21-38-28)20-31(45)39-29(24-7-9-25(10-8-24)33(34,35)36)18-30(44)37-19-23-5-3-2-4-6-23/h2-12,17,21,29H,13-16,18-20H2,1H3,(H,37,44)(H,39,45). The zero-order chi connectivity index (χ0) is 32.8. The van der Waals surface area contributed by atoms with E-state index in [4.69, 9.17) is 0 Å². The van der Waals surface area contributed by atoms with Gasteiger partial charge in [0.1, 0.15) is 6.54 Å². The Hall–Kier alpha value is -5.20. The summed E-state index contributed by atoms with van der Waals surface area (Å²) in [5.41, 5.74) is 1.09. The first kappa shape index (κ1) is 32.2. The highest BCUT2D eigenvalue weighted by Gasteiger charge is 2.30. The molecule has 10 nitrogen and oxygen atoms in total. The fourth-order valence-electron chi connectivity index (χ4n) is 5.34. The highest BCUT2D eigenvalue weighted by Crippen LogP contribution is 2.30. The molecule has 1 aliphatic heterocycles. The van der Waals surface area contributed by atoms with E-state index in [0.717, 1.165) is 28.0 Å². The van der Waals surface area contributed by atoms with Crippen molar-refractivity contribution in [3.05, 3.63) is 106 Å². The lowest BCUT2D eigenvalue weighted by molar-refractivity contribution is -0.137. The van der Waals surface area contributed by atoms with Gasteiger partial charge in [-0.25, -0.2) is 4.98 Å². The Labute approximate surface area is 262 Å². The summed E-state index contributed by atoms with van der Waals surface area (Å²) in [6.07, 6.45) is -3.53. The van der Waals surface area contributed by atoms with Crippen molar-refractivity contribution in [2.45, 2.75) is 38.7 Å². The molecule has 1 unspecified atom stereocenters. The van der Waals surface area contributed by atoms with Crippen LogP contribution in [0.1, 0.15) is 36.1 Å². The maximum absolute atomic E-state index is 13.4. The number of carbonyl (C=O) groups excluding carboxylic acids is 3. The second-order valence-corrected chi connectivity index (χ2v) is 11.1. The van der Waals surface area contributed by atoms with Crippen molar-refractivity contribution in [3.63, 3.8) is 0 Å². The molecule has 46 heavy (non-hydrogen) atoms. The molecule has 1 saturated heterocycles. The lowest BCUT2D eigenvalue weighted by Crippen LogP contribution is -2.48. The summed E-state index contributed by atoms with van der Waals surface area (Å²) < 4.78 is 40.7. The third kappa shape index (κ3) is 7.89. The minimum atomic E-state index is -4.54. The van der Waals surface area contributed by atoms with Crippen LogP contribution < -0.4 is 21.1 Å². The molecule has 1 aliphatic rings. The van der Waals surface area contributed by atoms with Gasteiger partial charge in [-0.2, -0.15) is 13.2 Å². The molecule has 1 atom stereocenters. The van der Waals surface area contributed by atoms with E-state index >= 15 is 0 Å². The van der Waals surface area contributed by atoms with Gasteiger partial charge in [-0.05, 0) is 41.5 Å². The Bertz CT molecular complexity index is 1770. The molecule has 1 aromatic heterocycles. The number of hydrogen-bond donors (Lipinski definition) is 2. The zero-order valence-electron chi connectivity index (χ0n) is 25.1. The van der Waals surface area contributed by atoms with E-state index in [-0.39, 0.29) is 18.9 Å². The lowest BCUT2D eigenvalue weighted by Gasteiger charge is -2.35. The number of nitrogens with one attached hydrogen (secondary N) is 2. The molecule has 0 spiro atoms. The average Bonchev–Trinajstić information content (AvgIpc) is 3.05. The number of amides is 3. The number of hydrogen-bond acceptors (Lipinski definition) is 6. The molecular weight excluding hydrogens is 601 g/mol.